The summed E-state index contributed by atoms with van der Waals surface area (Å²) in [7, 11) is 0. The lowest BCUT2D eigenvalue weighted by Gasteiger charge is -2.23. The summed E-state index contributed by atoms with van der Waals surface area (Å²) in [5.41, 5.74) is 1.37. The molecule has 0 spiro atoms. The first kappa shape index (κ1) is 15.6. The summed E-state index contributed by atoms with van der Waals surface area (Å²) < 4.78 is 0. The largest absolute Gasteiger partial charge is 0.507 e. The molecule has 0 atom stereocenters. The summed E-state index contributed by atoms with van der Waals surface area (Å²) in [5, 5.41) is 12.5. The maximum Gasteiger partial charge on any atom is 0.255 e. The summed E-state index contributed by atoms with van der Waals surface area (Å²) in [4.78, 5) is 14.2. The summed E-state index contributed by atoms with van der Waals surface area (Å²) in [6.07, 6.45) is 1.83. The number of hydrogen-bond donors (Lipinski definition) is 2. The van der Waals surface area contributed by atoms with Gasteiger partial charge in [-0.15, -0.1) is 6.58 Å². The minimum atomic E-state index is -0.273. The van der Waals surface area contributed by atoms with Gasteiger partial charge < -0.3 is 15.3 Å². The summed E-state index contributed by atoms with van der Waals surface area (Å²) in [5.74, 6) is -0.282. The summed E-state index contributed by atoms with van der Waals surface area (Å²) in [6, 6.07) is 16.5. The van der Waals surface area contributed by atoms with Crippen LogP contribution < -0.4 is 10.2 Å². The van der Waals surface area contributed by atoms with Crippen LogP contribution in [0.25, 0.3) is 0 Å². The third kappa shape index (κ3) is 4.12. The molecule has 0 aromatic heterocycles. The SMILES string of the molecule is C=CCN(CCNC(=O)c1ccccc1O)c1ccccc1. The molecule has 0 saturated carbocycles. The molecule has 0 unspecified atom stereocenters. The summed E-state index contributed by atoms with van der Waals surface area (Å²) >= 11 is 0. The summed E-state index contributed by atoms with van der Waals surface area (Å²) in [6.45, 7) is 5.62. The van der Waals surface area contributed by atoms with Crippen molar-refractivity contribution in [3.8, 4) is 5.75 Å². The molecule has 114 valence electrons. The highest BCUT2D eigenvalue weighted by Crippen LogP contribution is 2.15. The number of rotatable bonds is 7. The van der Waals surface area contributed by atoms with Gasteiger partial charge in [-0.1, -0.05) is 36.4 Å². The Kier molecular flexibility index (Phi) is 5.60. The van der Waals surface area contributed by atoms with Gasteiger partial charge in [0.1, 0.15) is 5.75 Å². The average Bonchev–Trinajstić information content (AvgIpc) is 2.55. The number of para-hydroxylation sites is 2. The van der Waals surface area contributed by atoms with Gasteiger partial charge in [-0.3, -0.25) is 4.79 Å². The minimum Gasteiger partial charge on any atom is -0.507 e. The Labute approximate surface area is 130 Å². The zero-order chi connectivity index (χ0) is 15.8. The number of nitrogens with zero attached hydrogens (tertiary/aromatic N) is 1. The lowest BCUT2D eigenvalue weighted by atomic mass is 10.2. The van der Waals surface area contributed by atoms with Crippen LogP contribution in [0.2, 0.25) is 0 Å². The molecule has 1 amide bonds. The first-order chi connectivity index (χ1) is 10.7. The van der Waals surface area contributed by atoms with E-state index in [-0.39, 0.29) is 17.2 Å². The quantitative estimate of drug-likeness (QED) is 0.773. The van der Waals surface area contributed by atoms with Crippen molar-refractivity contribution < 1.29 is 9.90 Å². The van der Waals surface area contributed by atoms with Crippen LogP contribution in [0.1, 0.15) is 10.4 Å². The maximum atomic E-state index is 12.0. The van der Waals surface area contributed by atoms with Gasteiger partial charge in [-0.2, -0.15) is 0 Å². The number of aromatic hydroxyl groups is 1. The molecule has 0 radical (unpaired) electrons. The van der Waals surface area contributed by atoms with Gasteiger partial charge in [0.15, 0.2) is 0 Å². The van der Waals surface area contributed by atoms with Gasteiger partial charge in [-0.05, 0) is 24.3 Å². The van der Waals surface area contributed by atoms with Crippen LogP contribution >= 0.6 is 0 Å². The number of phenolic OH excluding ortho intramolecular Hbond substituents is 1. The fourth-order valence-corrected chi connectivity index (χ4v) is 2.19. The molecular formula is C18H20N2O2. The number of anilines is 1. The Morgan fingerprint density at radius 3 is 2.50 bits per heavy atom. The number of amides is 1. The Morgan fingerprint density at radius 2 is 1.82 bits per heavy atom. The smallest absolute Gasteiger partial charge is 0.255 e. The molecule has 0 aliphatic heterocycles. The second kappa shape index (κ2) is 7.88. The van der Waals surface area contributed by atoms with Crippen molar-refractivity contribution in [1.29, 1.82) is 0 Å². The number of carbonyl (C=O) groups is 1. The van der Waals surface area contributed by atoms with Crippen molar-refractivity contribution in [1.82, 2.24) is 5.32 Å². The number of benzene rings is 2. The molecular weight excluding hydrogens is 276 g/mol. The normalized spacial score (nSPS) is 10.0. The molecule has 2 N–H and O–H groups in total. The van der Waals surface area contributed by atoms with Crippen LogP contribution in [0.4, 0.5) is 5.69 Å². The molecule has 0 saturated heterocycles. The average molecular weight is 296 g/mol. The number of carbonyl (C=O) groups excluding carboxylic acids is 1. The predicted octanol–water partition coefficient (Wildman–Crippen LogP) is 2.81. The predicted molar refractivity (Wildman–Crippen MR) is 89.3 cm³/mol. The van der Waals surface area contributed by atoms with E-state index in [2.05, 4.69) is 16.8 Å². The first-order valence-electron chi connectivity index (χ1n) is 7.19. The van der Waals surface area contributed by atoms with Crippen LogP contribution in [0.5, 0.6) is 5.75 Å². The number of nitrogens with one attached hydrogen (secondary N) is 1. The van der Waals surface area contributed by atoms with Gasteiger partial charge in [0, 0.05) is 25.3 Å². The first-order valence-corrected chi connectivity index (χ1v) is 7.19. The molecule has 2 rings (SSSR count). The molecule has 0 fully saturated rings. The highest BCUT2D eigenvalue weighted by atomic mass is 16.3. The number of phenols is 1. The van der Waals surface area contributed by atoms with Gasteiger partial charge in [0.05, 0.1) is 5.56 Å². The van der Waals surface area contributed by atoms with E-state index < -0.39 is 0 Å². The Hall–Kier alpha value is -2.75. The van der Waals surface area contributed by atoms with E-state index in [1.54, 1.807) is 18.2 Å². The molecule has 2 aromatic rings. The van der Waals surface area contributed by atoms with Crippen molar-refractivity contribution in [2.75, 3.05) is 24.5 Å². The Bertz CT molecular complexity index is 626. The highest BCUT2D eigenvalue weighted by Gasteiger charge is 2.10. The lowest BCUT2D eigenvalue weighted by Crippen LogP contribution is -2.35. The fraction of sp³-hybridized carbons (Fsp3) is 0.167. The van der Waals surface area contributed by atoms with Crippen molar-refractivity contribution in [2.45, 2.75) is 0 Å². The minimum absolute atomic E-state index is 0.00833. The van der Waals surface area contributed by atoms with E-state index >= 15 is 0 Å². The molecule has 22 heavy (non-hydrogen) atoms. The monoisotopic (exact) mass is 296 g/mol. The van der Waals surface area contributed by atoms with Crippen LogP contribution in [-0.4, -0.2) is 30.6 Å². The second-order valence-corrected chi connectivity index (χ2v) is 4.84. The van der Waals surface area contributed by atoms with E-state index in [1.165, 1.54) is 6.07 Å². The Balaban J connectivity index is 1.92. The van der Waals surface area contributed by atoms with E-state index in [0.29, 0.717) is 19.6 Å². The van der Waals surface area contributed by atoms with Gasteiger partial charge in [0.2, 0.25) is 0 Å². The van der Waals surface area contributed by atoms with Crippen LogP contribution in [-0.2, 0) is 0 Å². The fourth-order valence-electron chi connectivity index (χ4n) is 2.19. The standard InChI is InChI=1S/C18H20N2O2/c1-2-13-20(15-8-4-3-5-9-15)14-12-19-18(22)16-10-6-7-11-17(16)21/h2-11,21H,1,12-14H2,(H,19,22). The third-order valence-corrected chi connectivity index (χ3v) is 3.29. The topological polar surface area (TPSA) is 52.6 Å². The van der Waals surface area contributed by atoms with Gasteiger partial charge in [0.25, 0.3) is 5.91 Å². The van der Waals surface area contributed by atoms with Crippen molar-refractivity contribution in [2.24, 2.45) is 0 Å². The second-order valence-electron chi connectivity index (χ2n) is 4.84. The Morgan fingerprint density at radius 1 is 1.14 bits per heavy atom. The molecule has 4 heteroatoms. The zero-order valence-electron chi connectivity index (χ0n) is 12.4. The van der Waals surface area contributed by atoms with E-state index in [0.717, 1.165) is 5.69 Å². The van der Waals surface area contributed by atoms with Gasteiger partial charge in [-0.25, -0.2) is 0 Å². The van der Waals surface area contributed by atoms with Crippen molar-refractivity contribution in [3.05, 3.63) is 72.8 Å². The third-order valence-electron chi connectivity index (χ3n) is 3.29. The van der Waals surface area contributed by atoms with E-state index in [9.17, 15) is 9.90 Å². The van der Waals surface area contributed by atoms with E-state index in [1.807, 2.05) is 36.4 Å². The maximum absolute atomic E-state index is 12.0. The van der Waals surface area contributed by atoms with Crippen LogP contribution in [0, 0.1) is 0 Å². The van der Waals surface area contributed by atoms with Gasteiger partial charge >= 0.3 is 0 Å². The van der Waals surface area contributed by atoms with Crippen molar-refractivity contribution >= 4 is 11.6 Å². The molecule has 0 aliphatic rings. The molecule has 0 aliphatic carbocycles. The number of hydrogen-bond acceptors (Lipinski definition) is 3. The molecule has 0 heterocycles. The van der Waals surface area contributed by atoms with Crippen molar-refractivity contribution in [3.63, 3.8) is 0 Å². The van der Waals surface area contributed by atoms with E-state index in [4.69, 9.17) is 0 Å². The zero-order valence-corrected chi connectivity index (χ0v) is 12.4. The molecule has 2 aromatic carbocycles. The highest BCUT2D eigenvalue weighted by molar-refractivity contribution is 5.96. The lowest BCUT2D eigenvalue weighted by molar-refractivity contribution is 0.0952. The van der Waals surface area contributed by atoms with Crippen LogP contribution in [0.3, 0.4) is 0 Å². The molecule has 4 nitrogen and oxygen atoms in total. The molecule has 0 bridgehead atoms. The van der Waals surface area contributed by atoms with Crippen LogP contribution in [0.15, 0.2) is 67.3 Å².